The summed E-state index contributed by atoms with van der Waals surface area (Å²) in [4.78, 5) is 49.8. The van der Waals surface area contributed by atoms with Crippen LogP contribution in [-0.4, -0.2) is 59.5 Å². The minimum absolute atomic E-state index is 0.161. The van der Waals surface area contributed by atoms with Crippen LogP contribution in [-0.2, 0) is 4.74 Å². The lowest BCUT2D eigenvalue weighted by Crippen LogP contribution is -2.51. The molecule has 2 amide bonds. The highest BCUT2D eigenvalue weighted by atomic mass is 16.6. The Morgan fingerprint density at radius 1 is 1.19 bits per heavy atom. The van der Waals surface area contributed by atoms with Crippen molar-refractivity contribution in [1.82, 2.24) is 9.80 Å². The molecule has 1 aliphatic rings. The van der Waals surface area contributed by atoms with Crippen molar-refractivity contribution in [3.8, 4) is 0 Å². The summed E-state index contributed by atoms with van der Waals surface area (Å²) in [6, 6.07) is 5.09. The topological polar surface area (TPSA) is 123 Å². The molecule has 0 atom stereocenters. The van der Waals surface area contributed by atoms with Crippen LogP contribution in [0.2, 0.25) is 0 Å². The molecular formula is C17H17N3O7. The first-order chi connectivity index (χ1) is 12.9. The summed E-state index contributed by atoms with van der Waals surface area (Å²) < 4.78 is 10.0. The number of hydrogen-bond acceptors (Lipinski definition) is 7. The largest absolute Gasteiger partial charge is 0.450 e. The first kappa shape index (κ1) is 18.4. The number of hydrogen-bond donors (Lipinski definition) is 0. The number of nitro benzene ring substituents is 1. The number of nitro groups is 1. The van der Waals surface area contributed by atoms with Crippen LogP contribution < -0.4 is 5.63 Å². The third-order valence-electron chi connectivity index (χ3n) is 4.25. The molecule has 3 rings (SSSR count). The average molecular weight is 375 g/mol. The van der Waals surface area contributed by atoms with Crippen LogP contribution in [0, 0.1) is 10.1 Å². The molecule has 0 N–H and O–H groups in total. The van der Waals surface area contributed by atoms with Gasteiger partial charge in [0, 0.05) is 43.7 Å². The Morgan fingerprint density at radius 2 is 1.85 bits per heavy atom. The second-order valence-corrected chi connectivity index (χ2v) is 5.90. The molecule has 2 heterocycles. The lowest BCUT2D eigenvalue weighted by atomic mass is 10.1. The van der Waals surface area contributed by atoms with Crippen molar-refractivity contribution in [2.24, 2.45) is 0 Å². The first-order valence-corrected chi connectivity index (χ1v) is 8.34. The molecule has 0 radical (unpaired) electrons. The molecule has 2 aromatic rings. The van der Waals surface area contributed by atoms with Crippen LogP contribution in [0.4, 0.5) is 10.5 Å². The number of ether oxygens (including phenoxy) is 1. The van der Waals surface area contributed by atoms with E-state index < -0.39 is 22.5 Å². The van der Waals surface area contributed by atoms with E-state index in [9.17, 15) is 24.5 Å². The Kier molecular flexibility index (Phi) is 5.06. The highest BCUT2D eigenvalue weighted by molar-refractivity contribution is 5.97. The predicted octanol–water partition coefficient (Wildman–Crippen LogP) is 1.62. The van der Waals surface area contributed by atoms with Crippen molar-refractivity contribution in [2.45, 2.75) is 6.92 Å². The van der Waals surface area contributed by atoms with Crippen molar-refractivity contribution in [3.63, 3.8) is 0 Å². The van der Waals surface area contributed by atoms with E-state index in [2.05, 4.69) is 0 Å². The van der Waals surface area contributed by atoms with Crippen molar-refractivity contribution in [1.29, 1.82) is 0 Å². The molecule has 1 aliphatic heterocycles. The minimum Gasteiger partial charge on any atom is -0.450 e. The normalized spacial score (nSPS) is 14.3. The van der Waals surface area contributed by atoms with E-state index >= 15 is 0 Å². The Balaban J connectivity index is 1.81. The van der Waals surface area contributed by atoms with Gasteiger partial charge in [-0.2, -0.15) is 0 Å². The third kappa shape index (κ3) is 3.73. The van der Waals surface area contributed by atoms with Crippen molar-refractivity contribution >= 4 is 28.7 Å². The number of piperazine rings is 1. The molecule has 142 valence electrons. The monoisotopic (exact) mass is 375 g/mol. The first-order valence-electron chi connectivity index (χ1n) is 8.34. The van der Waals surface area contributed by atoms with Crippen LogP contribution in [0.3, 0.4) is 0 Å². The average Bonchev–Trinajstić information content (AvgIpc) is 2.66. The van der Waals surface area contributed by atoms with Crippen molar-refractivity contribution < 1.29 is 23.7 Å². The second-order valence-electron chi connectivity index (χ2n) is 5.90. The van der Waals surface area contributed by atoms with E-state index in [0.717, 1.165) is 0 Å². The van der Waals surface area contributed by atoms with Gasteiger partial charge in [-0.25, -0.2) is 9.59 Å². The van der Waals surface area contributed by atoms with E-state index in [0.29, 0.717) is 0 Å². The lowest BCUT2D eigenvalue weighted by molar-refractivity contribution is -0.384. The Labute approximate surface area is 153 Å². The standard InChI is InChI=1S/C17H17N3O7/c1-2-26-17(23)19-7-5-18(6-8-19)15(21)13-10-11-9-12(20(24)25)3-4-14(11)27-16(13)22/h3-4,9-10H,2,5-8H2,1H3. The maximum atomic E-state index is 12.7. The van der Waals surface area contributed by atoms with Gasteiger partial charge in [0.15, 0.2) is 0 Å². The van der Waals surface area contributed by atoms with E-state index in [4.69, 9.17) is 9.15 Å². The molecule has 1 fully saturated rings. The van der Waals surface area contributed by atoms with Gasteiger partial charge in [0.1, 0.15) is 11.1 Å². The SMILES string of the molecule is CCOC(=O)N1CCN(C(=O)c2cc3cc([N+](=O)[O-])ccc3oc2=O)CC1. The number of nitrogens with zero attached hydrogens (tertiary/aromatic N) is 3. The van der Waals surface area contributed by atoms with Gasteiger partial charge in [-0.05, 0) is 19.1 Å². The summed E-state index contributed by atoms with van der Waals surface area (Å²) in [5.41, 5.74) is -1.02. The summed E-state index contributed by atoms with van der Waals surface area (Å²) in [6.45, 7) is 3.03. The van der Waals surface area contributed by atoms with Crippen LogP contribution >= 0.6 is 0 Å². The number of carbonyl (C=O) groups is 2. The van der Waals surface area contributed by atoms with Crippen LogP contribution in [0.1, 0.15) is 17.3 Å². The predicted molar refractivity (Wildman–Crippen MR) is 93.6 cm³/mol. The maximum Gasteiger partial charge on any atom is 0.409 e. The number of fused-ring (bicyclic) bond motifs is 1. The summed E-state index contributed by atoms with van der Waals surface area (Å²) in [5.74, 6) is -0.541. The zero-order chi connectivity index (χ0) is 19.6. The summed E-state index contributed by atoms with van der Waals surface area (Å²) >= 11 is 0. The number of rotatable bonds is 3. The van der Waals surface area contributed by atoms with Gasteiger partial charge in [-0.3, -0.25) is 14.9 Å². The molecule has 1 saturated heterocycles. The quantitative estimate of drug-likeness (QED) is 0.453. The summed E-state index contributed by atoms with van der Waals surface area (Å²) in [5, 5.41) is 11.2. The maximum absolute atomic E-state index is 12.7. The van der Waals surface area contributed by atoms with Gasteiger partial charge in [0.25, 0.3) is 11.6 Å². The lowest BCUT2D eigenvalue weighted by Gasteiger charge is -2.33. The number of non-ortho nitro benzene ring substituents is 1. The number of benzene rings is 1. The molecule has 27 heavy (non-hydrogen) atoms. The molecule has 0 bridgehead atoms. The molecule has 0 saturated carbocycles. The number of amides is 2. The summed E-state index contributed by atoms with van der Waals surface area (Å²) in [7, 11) is 0. The molecule has 1 aromatic heterocycles. The molecule has 0 unspecified atom stereocenters. The van der Waals surface area contributed by atoms with Gasteiger partial charge in [-0.1, -0.05) is 0 Å². The van der Waals surface area contributed by atoms with Gasteiger partial charge < -0.3 is 19.0 Å². The fraction of sp³-hybridized carbons (Fsp3) is 0.353. The van der Waals surface area contributed by atoms with Crippen LogP contribution in [0.25, 0.3) is 11.0 Å². The minimum atomic E-state index is -0.811. The van der Waals surface area contributed by atoms with Gasteiger partial charge >= 0.3 is 11.7 Å². The molecule has 1 aromatic carbocycles. The zero-order valence-corrected chi connectivity index (χ0v) is 14.5. The fourth-order valence-corrected chi connectivity index (χ4v) is 2.85. The van der Waals surface area contributed by atoms with E-state index in [1.807, 2.05) is 0 Å². The fourth-order valence-electron chi connectivity index (χ4n) is 2.85. The van der Waals surface area contributed by atoms with Gasteiger partial charge in [0.05, 0.1) is 11.5 Å². The smallest absolute Gasteiger partial charge is 0.409 e. The van der Waals surface area contributed by atoms with Crippen LogP contribution in [0.15, 0.2) is 33.5 Å². The Hall–Kier alpha value is -3.43. The molecule has 10 nitrogen and oxygen atoms in total. The second kappa shape index (κ2) is 7.44. The summed E-state index contributed by atoms with van der Waals surface area (Å²) in [6.07, 6.45) is -0.442. The third-order valence-corrected chi connectivity index (χ3v) is 4.25. The van der Waals surface area contributed by atoms with Crippen LogP contribution in [0.5, 0.6) is 0 Å². The Morgan fingerprint density at radius 3 is 2.48 bits per heavy atom. The van der Waals surface area contributed by atoms with E-state index in [-0.39, 0.29) is 55.0 Å². The molecule has 0 spiro atoms. The Bertz CT molecular complexity index is 961. The number of carbonyl (C=O) groups excluding carboxylic acids is 2. The highest BCUT2D eigenvalue weighted by Crippen LogP contribution is 2.21. The van der Waals surface area contributed by atoms with Gasteiger partial charge in [0.2, 0.25) is 0 Å². The van der Waals surface area contributed by atoms with Crippen molar-refractivity contribution in [3.05, 3.63) is 50.4 Å². The molecule has 0 aliphatic carbocycles. The van der Waals surface area contributed by atoms with E-state index in [1.54, 1.807) is 6.92 Å². The zero-order valence-electron chi connectivity index (χ0n) is 14.5. The van der Waals surface area contributed by atoms with E-state index in [1.165, 1.54) is 34.1 Å². The van der Waals surface area contributed by atoms with Crippen molar-refractivity contribution in [2.75, 3.05) is 32.8 Å². The molecular weight excluding hydrogens is 358 g/mol. The van der Waals surface area contributed by atoms with Gasteiger partial charge in [-0.15, -0.1) is 0 Å². The molecule has 10 heteroatoms. The highest BCUT2D eigenvalue weighted by Gasteiger charge is 2.27.